The van der Waals surface area contributed by atoms with Gasteiger partial charge in [-0.05, 0) is 68.8 Å². The zero-order valence-corrected chi connectivity index (χ0v) is 31.9. The molecular weight excluding hydrogens is 717 g/mol. The van der Waals surface area contributed by atoms with Gasteiger partial charge in [0.05, 0.1) is 38.9 Å². The summed E-state index contributed by atoms with van der Waals surface area (Å²) in [5, 5.41) is 4.34. The van der Waals surface area contributed by atoms with Gasteiger partial charge in [0, 0.05) is 45.1 Å². The van der Waals surface area contributed by atoms with Gasteiger partial charge in [0.1, 0.15) is 0 Å². The summed E-state index contributed by atoms with van der Waals surface area (Å²) in [4.78, 5) is 19.7. The van der Waals surface area contributed by atoms with E-state index in [0.29, 0.717) is 0 Å². The molecule has 1 aliphatic rings. The van der Waals surface area contributed by atoms with Crippen LogP contribution in [-0.4, -0.2) is 19.9 Å². The molecule has 12 rings (SSSR count). The van der Waals surface area contributed by atoms with Crippen LogP contribution in [0.3, 0.4) is 0 Å². The number of hydrogen-bond donors (Lipinski definition) is 0. The van der Waals surface area contributed by atoms with E-state index in [0.717, 1.165) is 71.7 Å². The molecule has 4 heteroatoms. The van der Waals surface area contributed by atoms with Crippen LogP contribution in [0.2, 0.25) is 0 Å². The molecule has 0 radical (unpaired) electrons. The van der Waals surface area contributed by atoms with Gasteiger partial charge in [0.25, 0.3) is 0 Å². The van der Waals surface area contributed by atoms with Crippen LogP contribution in [0.15, 0.2) is 207 Å². The number of nitrogens with zero attached hydrogens (tertiary/aromatic N) is 4. The Morgan fingerprint density at radius 2 is 0.678 bits per heavy atom. The lowest BCUT2D eigenvalue weighted by molar-refractivity contribution is 0.770. The van der Waals surface area contributed by atoms with Crippen molar-refractivity contribution < 1.29 is 0 Å². The third-order valence-corrected chi connectivity index (χ3v) is 12.3. The standard InChI is InChI=1S/C55H34N4/c1-4-14-46(43(11-1)35-17-19-36(20-18-35)49-31-27-40-23-21-38-9-7-33-56-51(38)53(40)58-49)55(47-15-5-2-12-44(47)45-13-3-6-16-48(45)55)42-29-25-37(26-30-42)50-32-28-41-24-22-39-10-8-34-57-52(39)54(41)59-50/h1-34H. The van der Waals surface area contributed by atoms with Gasteiger partial charge in [-0.1, -0.05) is 170 Å². The second-order valence-electron chi connectivity index (χ2n) is 15.4. The van der Waals surface area contributed by atoms with Crippen LogP contribution in [-0.2, 0) is 5.41 Å². The van der Waals surface area contributed by atoms with Crippen molar-refractivity contribution in [2.24, 2.45) is 0 Å². The predicted molar refractivity (Wildman–Crippen MR) is 241 cm³/mol. The monoisotopic (exact) mass is 750 g/mol. The topological polar surface area (TPSA) is 51.6 Å². The highest BCUT2D eigenvalue weighted by atomic mass is 14.8. The molecule has 0 unspecified atom stereocenters. The summed E-state index contributed by atoms with van der Waals surface area (Å²) in [5.41, 5.74) is 16.9. The summed E-state index contributed by atoms with van der Waals surface area (Å²) in [6.45, 7) is 0. The van der Waals surface area contributed by atoms with E-state index < -0.39 is 5.41 Å². The van der Waals surface area contributed by atoms with Crippen LogP contribution >= 0.6 is 0 Å². The lowest BCUT2D eigenvalue weighted by Crippen LogP contribution is -2.29. The van der Waals surface area contributed by atoms with E-state index in [9.17, 15) is 0 Å². The molecule has 0 spiro atoms. The molecule has 4 aromatic heterocycles. The molecule has 0 aliphatic heterocycles. The van der Waals surface area contributed by atoms with Crippen molar-refractivity contribution in [2.75, 3.05) is 0 Å². The maximum atomic E-state index is 5.19. The molecule has 0 saturated heterocycles. The first-order chi connectivity index (χ1) is 29.2. The summed E-state index contributed by atoms with van der Waals surface area (Å²) < 4.78 is 0. The number of benzene rings is 7. The van der Waals surface area contributed by atoms with E-state index in [1.807, 2.05) is 24.5 Å². The third kappa shape index (κ3) is 5.10. The fraction of sp³-hybridized carbons (Fsp3) is 0.0182. The summed E-state index contributed by atoms with van der Waals surface area (Å²) >= 11 is 0. The van der Waals surface area contributed by atoms with Gasteiger partial charge in [-0.2, -0.15) is 0 Å². The molecule has 11 aromatic rings. The van der Waals surface area contributed by atoms with Gasteiger partial charge in [-0.15, -0.1) is 0 Å². The fourth-order valence-electron chi connectivity index (χ4n) is 9.53. The van der Waals surface area contributed by atoms with E-state index >= 15 is 0 Å². The summed E-state index contributed by atoms with van der Waals surface area (Å²) in [7, 11) is 0. The van der Waals surface area contributed by atoms with Crippen LogP contribution in [0.1, 0.15) is 22.3 Å². The largest absolute Gasteiger partial charge is 0.254 e. The first-order valence-electron chi connectivity index (χ1n) is 20.0. The minimum Gasteiger partial charge on any atom is -0.254 e. The summed E-state index contributed by atoms with van der Waals surface area (Å²) in [6, 6.07) is 69.9. The molecule has 0 bridgehead atoms. The normalized spacial score (nSPS) is 12.9. The lowest BCUT2D eigenvalue weighted by atomic mass is 9.65. The Labute approximate surface area is 341 Å². The van der Waals surface area contributed by atoms with Gasteiger partial charge in [0.2, 0.25) is 0 Å². The van der Waals surface area contributed by atoms with Crippen LogP contribution in [0, 0.1) is 0 Å². The zero-order chi connectivity index (χ0) is 38.9. The van der Waals surface area contributed by atoms with Gasteiger partial charge in [0.15, 0.2) is 0 Å². The Bertz CT molecular complexity index is 3400. The van der Waals surface area contributed by atoms with Crippen LogP contribution in [0.25, 0.3) is 88.4 Å². The lowest BCUT2D eigenvalue weighted by Gasteiger charge is -2.35. The fourth-order valence-corrected chi connectivity index (χ4v) is 9.53. The molecule has 274 valence electrons. The highest BCUT2D eigenvalue weighted by Gasteiger charge is 2.47. The van der Waals surface area contributed by atoms with E-state index in [1.165, 1.54) is 38.9 Å². The highest BCUT2D eigenvalue weighted by Crippen LogP contribution is 2.57. The van der Waals surface area contributed by atoms with Crippen molar-refractivity contribution in [2.45, 2.75) is 5.41 Å². The smallest absolute Gasteiger partial charge is 0.0972 e. The average molecular weight is 751 g/mol. The summed E-state index contributed by atoms with van der Waals surface area (Å²) in [5.74, 6) is 0. The minimum atomic E-state index is -0.578. The van der Waals surface area contributed by atoms with Crippen molar-refractivity contribution >= 4 is 43.6 Å². The number of rotatable bonds is 5. The van der Waals surface area contributed by atoms with Crippen molar-refractivity contribution in [1.82, 2.24) is 19.9 Å². The highest BCUT2D eigenvalue weighted by molar-refractivity contribution is 6.04. The van der Waals surface area contributed by atoms with Gasteiger partial charge in [-0.3, -0.25) is 9.97 Å². The first kappa shape index (κ1) is 33.3. The molecule has 4 heterocycles. The average Bonchev–Trinajstić information content (AvgIpc) is 3.62. The van der Waals surface area contributed by atoms with E-state index in [2.05, 4.69) is 187 Å². The molecule has 0 atom stereocenters. The van der Waals surface area contributed by atoms with Crippen molar-refractivity contribution in [3.8, 4) is 44.8 Å². The minimum absolute atomic E-state index is 0.578. The Morgan fingerprint density at radius 1 is 0.288 bits per heavy atom. The summed E-state index contributed by atoms with van der Waals surface area (Å²) in [6.07, 6.45) is 3.68. The van der Waals surface area contributed by atoms with Gasteiger partial charge >= 0.3 is 0 Å². The number of fused-ring (bicyclic) bond motifs is 9. The molecule has 4 nitrogen and oxygen atoms in total. The van der Waals surface area contributed by atoms with Crippen molar-refractivity contribution in [3.63, 3.8) is 0 Å². The third-order valence-electron chi connectivity index (χ3n) is 12.3. The van der Waals surface area contributed by atoms with Crippen molar-refractivity contribution in [3.05, 3.63) is 229 Å². The second kappa shape index (κ2) is 13.1. The SMILES string of the molecule is c1ccc(C2(c3ccc(-c4ccc5ccc6cccnc6c5n4)cc3)c3ccccc3-c3ccccc32)c(-c2ccc(-c3ccc4ccc5cccnc5c4n3)cc2)c1. The van der Waals surface area contributed by atoms with E-state index in [1.54, 1.807) is 0 Å². The quantitative estimate of drug-likeness (QED) is 0.164. The van der Waals surface area contributed by atoms with Crippen LogP contribution < -0.4 is 0 Å². The van der Waals surface area contributed by atoms with Crippen LogP contribution in [0.5, 0.6) is 0 Å². The predicted octanol–water partition coefficient (Wildman–Crippen LogP) is 13.2. The molecule has 0 fully saturated rings. The number of hydrogen-bond acceptors (Lipinski definition) is 4. The molecule has 1 aliphatic carbocycles. The number of aromatic nitrogens is 4. The molecule has 0 saturated carbocycles. The van der Waals surface area contributed by atoms with Crippen LogP contribution in [0.4, 0.5) is 0 Å². The molecular formula is C55H34N4. The number of pyridine rings is 4. The Morgan fingerprint density at radius 3 is 1.19 bits per heavy atom. The Kier molecular flexibility index (Phi) is 7.41. The first-order valence-corrected chi connectivity index (χ1v) is 20.0. The Hall–Kier alpha value is -7.82. The second-order valence-corrected chi connectivity index (χ2v) is 15.4. The Balaban J connectivity index is 1.01. The van der Waals surface area contributed by atoms with Crippen molar-refractivity contribution in [1.29, 1.82) is 0 Å². The molecule has 0 N–H and O–H groups in total. The van der Waals surface area contributed by atoms with Gasteiger partial charge in [-0.25, -0.2) is 9.97 Å². The molecule has 7 aromatic carbocycles. The zero-order valence-electron chi connectivity index (χ0n) is 31.9. The molecule has 59 heavy (non-hydrogen) atoms. The molecule has 0 amide bonds. The van der Waals surface area contributed by atoms with E-state index in [-0.39, 0.29) is 0 Å². The maximum Gasteiger partial charge on any atom is 0.0972 e. The van der Waals surface area contributed by atoms with E-state index in [4.69, 9.17) is 15.0 Å². The van der Waals surface area contributed by atoms with Gasteiger partial charge < -0.3 is 0 Å². The maximum absolute atomic E-state index is 5.19.